The first-order chi connectivity index (χ1) is 36.2. The van der Waals surface area contributed by atoms with E-state index in [1.165, 1.54) is 77.0 Å². The van der Waals surface area contributed by atoms with Crippen molar-refractivity contribution in [2.75, 3.05) is 0 Å². The fraction of sp³-hybridized carbons (Fsp3) is 0.600. The third kappa shape index (κ3) is 36.2. The van der Waals surface area contributed by atoms with Gasteiger partial charge in [-0.05, 0) is 47.9 Å². The monoisotopic (exact) mass is 1230 g/mol. The van der Waals surface area contributed by atoms with Crippen LogP contribution in [0.4, 0.5) is 0 Å². The zero-order chi connectivity index (χ0) is 56.6. The van der Waals surface area contributed by atoms with Crippen molar-refractivity contribution in [3.05, 3.63) is 144 Å². The van der Waals surface area contributed by atoms with Crippen LogP contribution in [0.3, 0.4) is 0 Å². The molecule has 0 bridgehead atoms. The SMILES string of the molecule is CCCCCCCCC(c1ccccc1)S(=O)(=O)[O-].CCCCCCCCC(c1ccccc1)S(=O)(=O)[O-].CCCCCCCCC(c1ccccc1)S(=O)(=O)[O-].CCCCCCCCC(c1ccccc1)S(=O)(=O)[O-].[Mo+4]. The van der Waals surface area contributed by atoms with Crippen LogP contribution in [0, 0.1) is 0 Å². The molecule has 0 aliphatic heterocycles. The molecule has 0 aliphatic rings. The fourth-order valence-corrected chi connectivity index (χ4v) is 12.8. The Hall–Kier alpha value is -2.79. The maximum atomic E-state index is 11.3. The van der Waals surface area contributed by atoms with Crippen molar-refractivity contribution >= 4 is 40.5 Å². The maximum absolute atomic E-state index is 11.3. The van der Waals surface area contributed by atoms with Crippen molar-refractivity contribution < 1.29 is 72.9 Å². The normalized spacial score (nSPS) is 13.2. The quantitative estimate of drug-likeness (QED) is 0.0235. The van der Waals surface area contributed by atoms with E-state index in [-0.39, 0.29) is 21.1 Å². The molecule has 434 valence electrons. The summed E-state index contributed by atoms with van der Waals surface area (Å²) in [5.74, 6) is 0. The molecular weight excluding hydrogens is 1140 g/mol. The van der Waals surface area contributed by atoms with E-state index in [0.29, 0.717) is 47.9 Å². The van der Waals surface area contributed by atoms with Gasteiger partial charge in [0, 0.05) is 0 Å². The molecule has 4 unspecified atom stereocenters. The summed E-state index contributed by atoms with van der Waals surface area (Å²) in [5.41, 5.74) is 2.47. The first-order valence-corrected chi connectivity index (χ1v) is 34.1. The van der Waals surface area contributed by atoms with E-state index < -0.39 is 61.5 Å². The van der Waals surface area contributed by atoms with E-state index >= 15 is 0 Å². The molecular formula is C60H92MoO12S4. The number of unbranched alkanes of at least 4 members (excludes halogenated alkanes) is 20. The Bertz CT molecular complexity index is 2120. The van der Waals surface area contributed by atoms with Crippen molar-refractivity contribution in [2.45, 2.75) is 228 Å². The van der Waals surface area contributed by atoms with Crippen molar-refractivity contribution in [3.63, 3.8) is 0 Å². The molecule has 0 spiro atoms. The predicted molar refractivity (Wildman–Crippen MR) is 307 cm³/mol. The Balaban J connectivity index is 0.000000996. The summed E-state index contributed by atoms with van der Waals surface area (Å²) >= 11 is 0. The van der Waals surface area contributed by atoms with Crippen LogP contribution in [-0.2, 0) is 61.5 Å². The Kier molecular flexibility index (Phi) is 42.3. The zero-order valence-electron chi connectivity index (χ0n) is 46.6. The summed E-state index contributed by atoms with van der Waals surface area (Å²) in [4.78, 5) is 0. The Labute approximate surface area is 482 Å². The van der Waals surface area contributed by atoms with Crippen molar-refractivity contribution in [1.29, 1.82) is 0 Å². The summed E-state index contributed by atoms with van der Waals surface area (Å²) in [7, 11) is -17.1. The predicted octanol–water partition coefficient (Wildman–Crippen LogP) is 16.1. The largest absolute Gasteiger partial charge is 4.00 e. The molecule has 0 amide bonds. The number of hydrogen-bond acceptors (Lipinski definition) is 12. The molecule has 17 heteroatoms. The standard InChI is InChI=1S/4C15H24O3S.Mo/c4*1-2-3-4-5-6-10-13-15(19(16,17)18)14-11-8-7-9-12-14;/h4*7-9,11-12,15H,2-6,10,13H2,1H3,(H,16,17,18);/q;;;;+4/p-4. The van der Waals surface area contributed by atoms with E-state index in [1.54, 1.807) is 97.1 Å². The van der Waals surface area contributed by atoms with Gasteiger partial charge in [0.25, 0.3) is 0 Å². The molecule has 4 rings (SSSR count). The van der Waals surface area contributed by atoms with Crippen LogP contribution >= 0.6 is 0 Å². The van der Waals surface area contributed by atoms with Crippen LogP contribution in [-0.4, -0.2) is 51.9 Å². The average molecular weight is 1230 g/mol. The topological polar surface area (TPSA) is 229 Å². The number of hydrogen-bond donors (Lipinski definition) is 0. The van der Waals surface area contributed by atoms with E-state index in [2.05, 4.69) is 27.7 Å². The zero-order valence-corrected chi connectivity index (χ0v) is 51.9. The fourth-order valence-electron chi connectivity index (χ4n) is 9.02. The third-order valence-corrected chi connectivity index (χ3v) is 18.2. The van der Waals surface area contributed by atoms with Gasteiger partial charge in [0.15, 0.2) is 0 Å². The van der Waals surface area contributed by atoms with Gasteiger partial charge >= 0.3 is 21.1 Å². The summed E-state index contributed by atoms with van der Waals surface area (Å²) in [6.45, 7) is 8.65. The molecule has 4 aromatic rings. The molecule has 0 saturated carbocycles. The molecule has 0 saturated heterocycles. The second-order valence-corrected chi connectivity index (χ2v) is 26.0. The molecule has 12 nitrogen and oxygen atoms in total. The van der Waals surface area contributed by atoms with Gasteiger partial charge in [-0.2, -0.15) is 0 Å². The van der Waals surface area contributed by atoms with Crippen LogP contribution < -0.4 is 0 Å². The van der Waals surface area contributed by atoms with Gasteiger partial charge in [-0.15, -0.1) is 0 Å². The van der Waals surface area contributed by atoms with Crippen molar-refractivity contribution in [3.8, 4) is 0 Å². The first kappa shape index (κ1) is 74.2. The average Bonchev–Trinajstić information content (AvgIpc) is 3.38. The number of benzene rings is 4. The van der Waals surface area contributed by atoms with Gasteiger partial charge in [-0.25, -0.2) is 33.7 Å². The first-order valence-electron chi connectivity index (χ1n) is 28.2. The van der Waals surface area contributed by atoms with E-state index in [0.717, 1.165) is 77.0 Å². The van der Waals surface area contributed by atoms with E-state index in [9.17, 15) is 51.9 Å². The van der Waals surface area contributed by atoms with Gasteiger partial charge in [0.05, 0.1) is 21.0 Å². The van der Waals surface area contributed by atoms with Crippen LogP contribution in [0.2, 0.25) is 0 Å². The molecule has 0 aliphatic carbocycles. The molecule has 0 heterocycles. The Morgan fingerprint density at radius 1 is 0.260 bits per heavy atom. The Morgan fingerprint density at radius 3 is 0.545 bits per heavy atom. The molecule has 0 N–H and O–H groups in total. The van der Waals surface area contributed by atoms with Crippen molar-refractivity contribution in [1.82, 2.24) is 0 Å². The van der Waals surface area contributed by atoms with Gasteiger partial charge in [0.1, 0.15) is 40.5 Å². The Morgan fingerprint density at radius 2 is 0.403 bits per heavy atom. The summed E-state index contributed by atoms with van der Waals surface area (Å²) < 4.78 is 136. The molecule has 4 aromatic carbocycles. The summed E-state index contributed by atoms with van der Waals surface area (Å²) in [6.07, 6.45) is 27.8. The summed E-state index contributed by atoms with van der Waals surface area (Å²) in [5, 5.41) is -3.56. The minimum atomic E-state index is -4.27. The van der Waals surface area contributed by atoms with Gasteiger partial charge < -0.3 is 18.2 Å². The van der Waals surface area contributed by atoms with Crippen molar-refractivity contribution in [2.24, 2.45) is 0 Å². The van der Waals surface area contributed by atoms with E-state index in [4.69, 9.17) is 0 Å². The van der Waals surface area contributed by atoms with Crippen LogP contribution in [0.15, 0.2) is 121 Å². The molecule has 77 heavy (non-hydrogen) atoms. The second-order valence-electron chi connectivity index (χ2n) is 19.8. The van der Waals surface area contributed by atoms with Gasteiger partial charge in [0.2, 0.25) is 0 Å². The molecule has 4 atom stereocenters. The van der Waals surface area contributed by atoms with Crippen LogP contribution in [0.5, 0.6) is 0 Å². The number of rotatable bonds is 36. The minimum Gasteiger partial charge on any atom is -0.747 e. The molecule has 0 fully saturated rings. The van der Waals surface area contributed by atoms with Gasteiger partial charge in [-0.3, -0.25) is 0 Å². The van der Waals surface area contributed by atoms with Crippen LogP contribution in [0.25, 0.3) is 0 Å². The molecule has 0 radical (unpaired) electrons. The maximum Gasteiger partial charge on any atom is 4.00 e. The smallest absolute Gasteiger partial charge is 0.747 e. The minimum absolute atomic E-state index is 0. The van der Waals surface area contributed by atoms with Crippen LogP contribution in [0.1, 0.15) is 251 Å². The second kappa shape index (κ2) is 43.9. The van der Waals surface area contributed by atoms with E-state index in [1.807, 2.05) is 24.3 Å². The third-order valence-electron chi connectivity index (χ3n) is 13.4. The van der Waals surface area contributed by atoms with Gasteiger partial charge in [-0.1, -0.05) is 303 Å². The molecule has 0 aromatic heterocycles. The summed E-state index contributed by atoms with van der Waals surface area (Å²) in [6, 6.07) is 35.2.